The molecule has 0 radical (unpaired) electrons. The molecule has 0 aliphatic rings. The van der Waals surface area contributed by atoms with Gasteiger partial charge in [0.15, 0.2) is 0 Å². The molecule has 0 saturated carbocycles. The average molecular weight is 350 g/mol. The Hall–Kier alpha value is -2.58. The van der Waals surface area contributed by atoms with Crippen LogP contribution in [0.5, 0.6) is 0 Å². The minimum absolute atomic E-state index is 0.943. The topological polar surface area (TPSA) is 61.4 Å². The lowest BCUT2D eigenvalue weighted by Crippen LogP contribution is -1.90. The second-order valence-corrected chi connectivity index (χ2v) is 7.68. The number of thiophene rings is 2. The molecular formula is C16H10N6S2. The van der Waals surface area contributed by atoms with Crippen LogP contribution < -0.4 is 0 Å². The number of fused-ring (bicyclic) bond motifs is 11. The highest BCUT2D eigenvalue weighted by molar-refractivity contribution is 7.20. The van der Waals surface area contributed by atoms with Crippen LogP contribution in [0.2, 0.25) is 0 Å². The van der Waals surface area contributed by atoms with Gasteiger partial charge in [-0.1, -0.05) is 0 Å². The molecule has 0 bridgehead atoms. The van der Waals surface area contributed by atoms with Crippen LogP contribution in [0.25, 0.3) is 53.0 Å². The summed E-state index contributed by atoms with van der Waals surface area (Å²) in [7, 11) is 3.74. The highest BCUT2D eigenvalue weighted by Crippen LogP contribution is 2.44. The number of nitrogens with zero attached hydrogens (tertiary/aromatic N) is 6. The number of rotatable bonds is 0. The van der Waals surface area contributed by atoms with E-state index in [0.717, 1.165) is 43.6 Å². The Balaban J connectivity index is 2.14. The van der Waals surface area contributed by atoms with Crippen LogP contribution in [0.3, 0.4) is 0 Å². The molecule has 8 heteroatoms. The molecule has 0 amide bonds. The van der Waals surface area contributed by atoms with Gasteiger partial charge in [-0.15, -0.1) is 22.7 Å². The van der Waals surface area contributed by atoms with Crippen molar-refractivity contribution in [1.29, 1.82) is 0 Å². The fourth-order valence-corrected chi connectivity index (χ4v) is 5.47. The molecule has 0 atom stereocenters. The van der Waals surface area contributed by atoms with Crippen molar-refractivity contribution in [1.82, 2.24) is 30.0 Å². The second kappa shape index (κ2) is 4.08. The Morgan fingerprint density at radius 2 is 1.08 bits per heavy atom. The third-order valence-electron chi connectivity index (χ3n) is 4.45. The van der Waals surface area contributed by atoms with Gasteiger partial charge in [0.25, 0.3) is 0 Å². The summed E-state index contributed by atoms with van der Waals surface area (Å²) < 4.78 is 2.41. The number of benzene rings is 2. The van der Waals surface area contributed by atoms with Gasteiger partial charge in [-0.2, -0.15) is 30.0 Å². The van der Waals surface area contributed by atoms with Gasteiger partial charge in [-0.05, 0) is 22.9 Å². The number of hydrogen-bond donors (Lipinski definition) is 0. The molecule has 6 nitrogen and oxygen atoms in total. The lowest BCUT2D eigenvalue weighted by molar-refractivity contribution is 0.666. The molecule has 0 unspecified atom stereocenters. The molecular weight excluding hydrogens is 340 g/mol. The standard InChI is InChI=1S/C16H10N6S2/c1-21-17-11-7-3-5-23-15(7)10-9(13(11)19-21)16-8(4-6-24-16)12-14(10)20-22(2)18-12/h3-6H,1-2H3. The lowest BCUT2D eigenvalue weighted by Gasteiger charge is -2.04. The first-order valence-electron chi connectivity index (χ1n) is 7.46. The van der Waals surface area contributed by atoms with E-state index in [1.54, 1.807) is 32.3 Å². The zero-order valence-electron chi connectivity index (χ0n) is 12.8. The molecule has 0 fully saturated rings. The van der Waals surface area contributed by atoms with Gasteiger partial charge >= 0.3 is 0 Å². The Bertz CT molecular complexity index is 1320. The summed E-state index contributed by atoms with van der Waals surface area (Å²) in [4.78, 5) is 3.31. The monoisotopic (exact) mass is 350 g/mol. The molecule has 4 heterocycles. The van der Waals surface area contributed by atoms with E-state index in [1.165, 1.54) is 9.40 Å². The summed E-state index contributed by atoms with van der Waals surface area (Å²) in [5.74, 6) is 0. The van der Waals surface area contributed by atoms with Crippen molar-refractivity contribution in [2.45, 2.75) is 0 Å². The minimum Gasteiger partial charge on any atom is -0.187 e. The first-order valence-corrected chi connectivity index (χ1v) is 9.22. The van der Waals surface area contributed by atoms with Crippen molar-refractivity contribution >= 4 is 75.7 Å². The fraction of sp³-hybridized carbons (Fsp3) is 0.125. The van der Waals surface area contributed by atoms with E-state index in [4.69, 9.17) is 0 Å². The maximum absolute atomic E-state index is 4.68. The molecule has 6 rings (SSSR count). The lowest BCUT2D eigenvalue weighted by atomic mass is 10.0. The maximum Gasteiger partial charge on any atom is 0.123 e. The van der Waals surface area contributed by atoms with Crippen LogP contribution in [0.15, 0.2) is 22.9 Å². The van der Waals surface area contributed by atoms with Crippen LogP contribution in [0, 0.1) is 0 Å². The number of hydrogen-bond acceptors (Lipinski definition) is 6. The van der Waals surface area contributed by atoms with Gasteiger partial charge in [0.1, 0.15) is 22.1 Å². The maximum atomic E-state index is 4.68. The third-order valence-corrected chi connectivity index (χ3v) is 6.31. The third kappa shape index (κ3) is 1.37. The SMILES string of the molecule is Cn1nc2c3ccsc3c3c4nn(C)nc4c4ccsc4c3c2n1. The Morgan fingerprint density at radius 1 is 0.667 bits per heavy atom. The highest BCUT2D eigenvalue weighted by atomic mass is 32.1. The Kier molecular flexibility index (Phi) is 2.18. The van der Waals surface area contributed by atoms with E-state index in [-0.39, 0.29) is 0 Å². The van der Waals surface area contributed by atoms with Crippen LogP contribution in [0.4, 0.5) is 0 Å². The van der Waals surface area contributed by atoms with Crippen LogP contribution >= 0.6 is 22.7 Å². The number of aromatic nitrogens is 6. The fourth-order valence-electron chi connectivity index (χ4n) is 3.57. The summed E-state index contributed by atoms with van der Waals surface area (Å²) >= 11 is 3.45. The summed E-state index contributed by atoms with van der Waals surface area (Å²) in [6.07, 6.45) is 0. The van der Waals surface area contributed by atoms with Gasteiger partial charge < -0.3 is 0 Å². The van der Waals surface area contributed by atoms with Crippen LogP contribution in [-0.2, 0) is 14.1 Å². The van der Waals surface area contributed by atoms with Gasteiger partial charge in [0.2, 0.25) is 0 Å². The summed E-state index contributed by atoms with van der Waals surface area (Å²) in [6.45, 7) is 0. The van der Waals surface area contributed by atoms with Crippen molar-refractivity contribution < 1.29 is 0 Å². The van der Waals surface area contributed by atoms with E-state index in [0.29, 0.717) is 0 Å². The van der Waals surface area contributed by atoms with Gasteiger partial charge in [0, 0.05) is 45.0 Å². The zero-order chi connectivity index (χ0) is 16.0. The second-order valence-electron chi connectivity index (χ2n) is 5.85. The first-order chi connectivity index (χ1) is 11.7. The molecule has 0 saturated heterocycles. The summed E-state index contributed by atoms with van der Waals surface area (Å²) in [5, 5.41) is 27.4. The summed E-state index contributed by atoms with van der Waals surface area (Å²) in [6, 6.07) is 4.24. The molecule has 0 N–H and O–H groups in total. The van der Waals surface area contributed by atoms with E-state index in [1.807, 2.05) is 14.1 Å². The molecule has 2 aromatic carbocycles. The Labute approximate surface area is 142 Å². The molecule has 6 aromatic rings. The minimum atomic E-state index is 0.943. The van der Waals surface area contributed by atoms with E-state index >= 15 is 0 Å². The predicted molar refractivity (Wildman–Crippen MR) is 98.8 cm³/mol. The van der Waals surface area contributed by atoms with Crippen molar-refractivity contribution in [2.24, 2.45) is 14.1 Å². The normalized spacial score (nSPS) is 12.6. The molecule has 116 valence electrons. The predicted octanol–water partition coefficient (Wildman–Crippen LogP) is 3.83. The first kappa shape index (κ1) is 12.8. The molecule has 0 aliphatic heterocycles. The van der Waals surface area contributed by atoms with E-state index < -0.39 is 0 Å². The molecule has 4 aromatic heterocycles. The Morgan fingerprint density at radius 3 is 1.54 bits per heavy atom. The molecule has 24 heavy (non-hydrogen) atoms. The van der Waals surface area contributed by atoms with Crippen molar-refractivity contribution in [3.63, 3.8) is 0 Å². The van der Waals surface area contributed by atoms with E-state index in [9.17, 15) is 0 Å². The molecule has 0 spiro atoms. The van der Waals surface area contributed by atoms with Crippen molar-refractivity contribution in [2.75, 3.05) is 0 Å². The van der Waals surface area contributed by atoms with E-state index in [2.05, 4.69) is 43.3 Å². The van der Waals surface area contributed by atoms with Gasteiger partial charge in [0.05, 0.1) is 0 Å². The van der Waals surface area contributed by atoms with Crippen LogP contribution in [-0.4, -0.2) is 30.0 Å². The smallest absolute Gasteiger partial charge is 0.123 e. The van der Waals surface area contributed by atoms with Crippen molar-refractivity contribution in [3.8, 4) is 0 Å². The number of aryl methyl sites for hydroxylation is 2. The largest absolute Gasteiger partial charge is 0.187 e. The van der Waals surface area contributed by atoms with Crippen LogP contribution in [0.1, 0.15) is 0 Å². The zero-order valence-corrected chi connectivity index (χ0v) is 14.4. The van der Waals surface area contributed by atoms with Gasteiger partial charge in [-0.25, -0.2) is 0 Å². The molecule has 0 aliphatic carbocycles. The quantitative estimate of drug-likeness (QED) is 0.418. The highest BCUT2D eigenvalue weighted by Gasteiger charge is 2.22. The summed E-state index contributed by atoms with van der Waals surface area (Å²) in [5.41, 5.74) is 3.80. The van der Waals surface area contributed by atoms with Crippen molar-refractivity contribution in [3.05, 3.63) is 22.9 Å². The van der Waals surface area contributed by atoms with Gasteiger partial charge in [-0.3, -0.25) is 0 Å². The average Bonchev–Trinajstić information content (AvgIpc) is 3.29.